The van der Waals surface area contributed by atoms with Crippen LogP contribution in [0.25, 0.3) is 5.70 Å². The maximum absolute atomic E-state index is 6.67. The number of likely N-dealkylation sites (tertiary alicyclic amines) is 1. The highest BCUT2D eigenvalue weighted by molar-refractivity contribution is 5.65. The third-order valence-electron chi connectivity index (χ3n) is 5.79. The van der Waals surface area contributed by atoms with Gasteiger partial charge in [-0.3, -0.25) is 0 Å². The summed E-state index contributed by atoms with van der Waals surface area (Å²) in [5, 5.41) is 2.28. The molecule has 1 atom stereocenters. The van der Waals surface area contributed by atoms with Gasteiger partial charge >= 0.3 is 0 Å². The van der Waals surface area contributed by atoms with E-state index in [1.165, 1.54) is 0 Å². The standard InChI is InChI=1S/C20H23N3O3/c1-22-10-8-20(9-11-22)23-16(13-15(21-23)17-7-4-12-25-17)14-5-3-6-18(24-2)19(14)26-20/h3-7,12-13,16,21H,8-11H2,1-2H3/p+1. The molecule has 0 aliphatic carbocycles. The van der Waals surface area contributed by atoms with Crippen molar-refractivity contribution < 1.29 is 18.8 Å². The minimum Gasteiger partial charge on any atom is -0.493 e. The minimum absolute atomic E-state index is 0.0901. The molecular weight excluding hydrogens is 330 g/mol. The smallest absolute Gasteiger partial charge is 0.191 e. The van der Waals surface area contributed by atoms with Crippen molar-refractivity contribution >= 4 is 5.70 Å². The van der Waals surface area contributed by atoms with E-state index in [1.807, 2.05) is 24.3 Å². The van der Waals surface area contributed by atoms with Crippen LogP contribution in [0.5, 0.6) is 11.5 Å². The van der Waals surface area contributed by atoms with Crippen molar-refractivity contribution in [2.45, 2.75) is 24.6 Å². The first kappa shape index (κ1) is 15.8. The summed E-state index contributed by atoms with van der Waals surface area (Å²) in [6.45, 7) is 2.15. The van der Waals surface area contributed by atoms with Gasteiger partial charge in [-0.2, -0.15) is 5.01 Å². The first-order valence-electron chi connectivity index (χ1n) is 9.19. The van der Waals surface area contributed by atoms with Crippen molar-refractivity contribution in [2.24, 2.45) is 0 Å². The molecule has 4 heterocycles. The van der Waals surface area contributed by atoms with Gasteiger partial charge in [0.05, 0.1) is 58.1 Å². The zero-order valence-electron chi connectivity index (χ0n) is 15.1. The van der Waals surface area contributed by atoms with Crippen molar-refractivity contribution in [1.29, 1.82) is 0 Å². The molecule has 1 aromatic carbocycles. The van der Waals surface area contributed by atoms with E-state index in [0.29, 0.717) is 0 Å². The van der Waals surface area contributed by atoms with E-state index < -0.39 is 0 Å². The fourth-order valence-corrected chi connectivity index (χ4v) is 4.31. The number of piperidine rings is 1. The molecule has 1 aromatic heterocycles. The predicted octanol–water partition coefficient (Wildman–Crippen LogP) is 1.59. The second kappa shape index (κ2) is 5.79. The Bertz CT molecular complexity index is 838. The highest BCUT2D eigenvalue weighted by atomic mass is 16.5. The number of furan rings is 1. The van der Waals surface area contributed by atoms with E-state index in [1.54, 1.807) is 18.3 Å². The molecule has 6 heteroatoms. The topological polar surface area (TPSA) is 51.3 Å². The maximum atomic E-state index is 6.67. The van der Waals surface area contributed by atoms with Gasteiger partial charge in [0, 0.05) is 5.56 Å². The number of benzene rings is 1. The summed E-state index contributed by atoms with van der Waals surface area (Å²) >= 11 is 0. The lowest BCUT2D eigenvalue weighted by Gasteiger charge is -2.50. The molecule has 26 heavy (non-hydrogen) atoms. The van der Waals surface area contributed by atoms with Crippen LogP contribution in [-0.4, -0.2) is 38.0 Å². The zero-order valence-corrected chi connectivity index (χ0v) is 15.1. The first-order valence-corrected chi connectivity index (χ1v) is 9.19. The normalized spacial score (nSPS) is 30.2. The quantitative estimate of drug-likeness (QED) is 0.858. The summed E-state index contributed by atoms with van der Waals surface area (Å²) in [6, 6.07) is 10.1. The fraction of sp³-hybridized carbons (Fsp3) is 0.400. The number of fused-ring (bicyclic) bond motifs is 4. The predicted molar refractivity (Wildman–Crippen MR) is 96.6 cm³/mol. The van der Waals surface area contributed by atoms with Crippen LogP contribution >= 0.6 is 0 Å². The van der Waals surface area contributed by atoms with E-state index in [0.717, 1.165) is 54.5 Å². The highest BCUT2D eigenvalue weighted by Gasteiger charge is 2.53. The number of para-hydroxylation sites is 1. The number of ether oxygens (including phenoxy) is 2. The molecule has 0 radical (unpaired) electrons. The van der Waals surface area contributed by atoms with Gasteiger partial charge in [-0.1, -0.05) is 12.1 Å². The van der Waals surface area contributed by atoms with Gasteiger partial charge < -0.3 is 24.2 Å². The Morgan fingerprint density at radius 3 is 2.81 bits per heavy atom. The highest BCUT2D eigenvalue weighted by Crippen LogP contribution is 2.50. The van der Waals surface area contributed by atoms with Crippen LogP contribution in [0.2, 0.25) is 0 Å². The number of hydrogen-bond donors (Lipinski definition) is 2. The Morgan fingerprint density at radius 2 is 2.08 bits per heavy atom. The van der Waals surface area contributed by atoms with E-state index in [-0.39, 0.29) is 11.8 Å². The molecule has 136 valence electrons. The Balaban J connectivity index is 1.62. The molecule has 0 amide bonds. The first-order chi connectivity index (χ1) is 12.7. The van der Waals surface area contributed by atoms with E-state index in [9.17, 15) is 0 Å². The van der Waals surface area contributed by atoms with Gasteiger partial charge in [0.25, 0.3) is 0 Å². The number of nitrogens with zero attached hydrogens (tertiary/aromatic N) is 1. The monoisotopic (exact) mass is 354 g/mol. The molecule has 1 saturated heterocycles. The lowest BCUT2D eigenvalue weighted by Crippen LogP contribution is -3.11. The van der Waals surface area contributed by atoms with Crippen molar-refractivity contribution in [2.75, 3.05) is 27.2 Å². The van der Waals surface area contributed by atoms with Gasteiger partial charge in [-0.25, -0.2) is 0 Å². The van der Waals surface area contributed by atoms with Crippen molar-refractivity contribution in [3.63, 3.8) is 0 Å². The molecule has 3 aliphatic heterocycles. The summed E-state index contributed by atoms with van der Waals surface area (Å²) in [5.41, 5.74) is 5.31. The van der Waals surface area contributed by atoms with Crippen molar-refractivity contribution in [3.8, 4) is 11.5 Å². The molecule has 1 spiro atoms. The summed E-state index contributed by atoms with van der Waals surface area (Å²) in [4.78, 5) is 1.54. The van der Waals surface area contributed by atoms with Crippen LogP contribution in [0.4, 0.5) is 0 Å². The van der Waals surface area contributed by atoms with Crippen molar-refractivity contribution in [1.82, 2.24) is 10.4 Å². The number of rotatable bonds is 2. The molecule has 0 saturated carbocycles. The Labute approximate surface area is 152 Å². The number of methoxy groups -OCH3 is 1. The fourth-order valence-electron chi connectivity index (χ4n) is 4.31. The Kier molecular flexibility index (Phi) is 3.52. The molecular formula is C20H24N3O3+. The molecule has 3 aliphatic rings. The second-order valence-corrected chi connectivity index (χ2v) is 7.37. The summed E-state index contributed by atoms with van der Waals surface area (Å²) < 4.78 is 17.9. The molecule has 0 bridgehead atoms. The van der Waals surface area contributed by atoms with Crippen LogP contribution in [0.3, 0.4) is 0 Å². The Morgan fingerprint density at radius 1 is 1.23 bits per heavy atom. The summed E-state index contributed by atoms with van der Waals surface area (Å²) in [7, 11) is 3.94. The minimum atomic E-state index is -0.378. The zero-order chi connectivity index (χ0) is 17.7. The van der Waals surface area contributed by atoms with Crippen LogP contribution in [0, 0.1) is 0 Å². The SMILES string of the molecule is COc1cccc2c1OC1(CC[NH+](C)CC1)N1NC(c3ccco3)=CC21. The molecule has 2 aromatic rings. The van der Waals surface area contributed by atoms with E-state index >= 15 is 0 Å². The lowest BCUT2D eigenvalue weighted by molar-refractivity contribution is -0.888. The van der Waals surface area contributed by atoms with Gasteiger partial charge in [0.15, 0.2) is 23.0 Å². The number of hydrogen-bond acceptors (Lipinski definition) is 5. The van der Waals surface area contributed by atoms with Gasteiger partial charge in [0.1, 0.15) is 0 Å². The van der Waals surface area contributed by atoms with E-state index in [4.69, 9.17) is 13.9 Å². The van der Waals surface area contributed by atoms with E-state index in [2.05, 4.69) is 29.6 Å². The van der Waals surface area contributed by atoms with Crippen LogP contribution in [0.1, 0.15) is 30.2 Å². The summed E-state index contributed by atoms with van der Waals surface area (Å²) in [6.07, 6.45) is 5.85. The lowest BCUT2D eigenvalue weighted by atomic mass is 9.93. The average Bonchev–Trinajstić information content (AvgIpc) is 3.34. The number of quaternary nitrogens is 1. The second-order valence-electron chi connectivity index (χ2n) is 7.37. The van der Waals surface area contributed by atoms with Crippen LogP contribution in [0.15, 0.2) is 47.1 Å². The molecule has 2 N–H and O–H groups in total. The third-order valence-corrected chi connectivity index (χ3v) is 5.79. The molecule has 5 rings (SSSR count). The summed E-state index contributed by atoms with van der Waals surface area (Å²) in [5.74, 6) is 2.51. The van der Waals surface area contributed by atoms with Crippen molar-refractivity contribution in [3.05, 3.63) is 54.0 Å². The van der Waals surface area contributed by atoms with Crippen LogP contribution < -0.4 is 19.8 Å². The van der Waals surface area contributed by atoms with Gasteiger partial charge in [0.2, 0.25) is 0 Å². The maximum Gasteiger partial charge on any atom is 0.191 e. The Hall–Kier alpha value is -2.44. The molecule has 6 nitrogen and oxygen atoms in total. The average molecular weight is 354 g/mol. The number of hydrazine groups is 1. The largest absolute Gasteiger partial charge is 0.493 e. The van der Waals surface area contributed by atoms with Crippen LogP contribution in [-0.2, 0) is 0 Å². The van der Waals surface area contributed by atoms with Gasteiger partial charge in [-0.05, 0) is 24.3 Å². The van der Waals surface area contributed by atoms with Gasteiger partial charge in [-0.15, -0.1) is 0 Å². The number of nitrogens with one attached hydrogen (secondary N) is 2. The molecule has 1 fully saturated rings. The molecule has 1 unspecified atom stereocenters. The third kappa shape index (κ3) is 2.26.